The molecule has 1 fully saturated rings. The Kier molecular flexibility index (Phi) is 5.37. The Morgan fingerprint density at radius 2 is 2.19 bits per heavy atom. The van der Waals surface area contributed by atoms with E-state index in [1.165, 1.54) is 0 Å². The van der Waals surface area contributed by atoms with Crippen molar-refractivity contribution in [1.82, 2.24) is 9.62 Å². The zero-order valence-electron chi connectivity index (χ0n) is 12.7. The third-order valence-corrected chi connectivity index (χ3v) is 5.67. The Balaban J connectivity index is 2.18. The Morgan fingerprint density at radius 3 is 2.76 bits per heavy atom. The maximum Gasteiger partial charge on any atom is 0.240 e. The van der Waals surface area contributed by atoms with Crippen molar-refractivity contribution in [3.8, 4) is 0 Å². The molecule has 1 aliphatic rings. The van der Waals surface area contributed by atoms with E-state index in [-0.39, 0.29) is 17.5 Å². The maximum atomic E-state index is 12.5. The van der Waals surface area contributed by atoms with Crippen LogP contribution in [-0.4, -0.2) is 44.6 Å². The molecule has 1 heterocycles. The largest absolute Gasteiger partial charge is 0.392 e. The fourth-order valence-electron chi connectivity index (χ4n) is 2.76. The van der Waals surface area contributed by atoms with Crippen molar-refractivity contribution in [3.63, 3.8) is 0 Å². The number of benzene rings is 1. The molecule has 0 amide bonds. The number of hydrogen-bond donors (Lipinski definition) is 2. The molecule has 1 saturated heterocycles. The van der Waals surface area contributed by atoms with Gasteiger partial charge in [-0.05, 0) is 50.0 Å². The first-order valence-electron chi connectivity index (χ1n) is 7.40. The van der Waals surface area contributed by atoms with Crippen LogP contribution in [0.25, 0.3) is 0 Å². The van der Waals surface area contributed by atoms with Gasteiger partial charge in [-0.3, -0.25) is 0 Å². The summed E-state index contributed by atoms with van der Waals surface area (Å²) in [5.74, 6) is 0. The zero-order chi connectivity index (χ0) is 15.5. The number of nitrogens with one attached hydrogen (secondary N) is 1. The summed E-state index contributed by atoms with van der Waals surface area (Å²) in [5.41, 5.74) is 1.39. The minimum atomic E-state index is -3.53. The number of aryl methyl sites for hydroxylation is 1. The maximum absolute atomic E-state index is 12.5. The first kappa shape index (κ1) is 16.4. The summed E-state index contributed by atoms with van der Waals surface area (Å²) in [6.45, 7) is 3.23. The highest BCUT2D eigenvalue weighted by molar-refractivity contribution is 7.89. The average molecular weight is 312 g/mol. The van der Waals surface area contributed by atoms with E-state index in [1.807, 2.05) is 14.0 Å². The van der Waals surface area contributed by atoms with Gasteiger partial charge in [-0.25, -0.2) is 13.1 Å². The summed E-state index contributed by atoms with van der Waals surface area (Å²) in [4.78, 5) is 2.48. The molecule has 0 aliphatic carbocycles. The van der Waals surface area contributed by atoms with Crippen LogP contribution in [0.3, 0.4) is 0 Å². The molecule has 118 valence electrons. The molecule has 2 N–H and O–H groups in total. The summed E-state index contributed by atoms with van der Waals surface area (Å²) in [5, 5.41) is 9.21. The summed E-state index contributed by atoms with van der Waals surface area (Å²) in [6.07, 6.45) is 2.78. The van der Waals surface area contributed by atoms with Crippen LogP contribution in [0.1, 0.15) is 30.9 Å². The van der Waals surface area contributed by atoms with E-state index in [1.54, 1.807) is 18.2 Å². The number of aliphatic hydroxyl groups excluding tert-OH is 1. The molecule has 1 aromatic carbocycles. The first-order valence-corrected chi connectivity index (χ1v) is 8.88. The van der Waals surface area contributed by atoms with Crippen molar-refractivity contribution < 1.29 is 13.5 Å². The third kappa shape index (κ3) is 3.83. The lowest BCUT2D eigenvalue weighted by atomic mass is 10.1. The number of hydrogen-bond acceptors (Lipinski definition) is 4. The molecule has 6 heteroatoms. The lowest BCUT2D eigenvalue weighted by Gasteiger charge is -2.20. The predicted octanol–water partition coefficient (Wildman–Crippen LogP) is 1.11. The highest BCUT2D eigenvalue weighted by atomic mass is 32.2. The highest BCUT2D eigenvalue weighted by Crippen LogP contribution is 2.20. The van der Waals surface area contributed by atoms with Crippen LogP contribution in [0.4, 0.5) is 0 Å². The standard InChI is InChI=1S/C15H24N2O3S/c1-3-13-7-6-12(11-18)9-15(13)21(19,20)16-10-14-5-4-8-17(14)2/h6-7,9,14,16,18H,3-5,8,10-11H2,1-2H3. The second-order valence-electron chi connectivity index (χ2n) is 5.58. The van der Waals surface area contributed by atoms with Gasteiger partial charge in [-0.15, -0.1) is 0 Å². The number of rotatable bonds is 6. The van der Waals surface area contributed by atoms with Gasteiger partial charge < -0.3 is 10.0 Å². The smallest absolute Gasteiger partial charge is 0.240 e. The van der Waals surface area contributed by atoms with E-state index < -0.39 is 10.0 Å². The summed E-state index contributed by atoms with van der Waals surface area (Å²) >= 11 is 0. The molecule has 0 radical (unpaired) electrons. The molecule has 0 bridgehead atoms. The number of likely N-dealkylation sites (N-methyl/N-ethyl adjacent to an activating group) is 1. The fourth-order valence-corrected chi connectivity index (χ4v) is 4.19. The molecule has 1 aromatic rings. The third-order valence-electron chi connectivity index (χ3n) is 4.17. The molecule has 0 saturated carbocycles. The molecular formula is C15H24N2O3S. The van der Waals surface area contributed by atoms with Crippen LogP contribution < -0.4 is 4.72 Å². The molecular weight excluding hydrogens is 288 g/mol. The van der Waals surface area contributed by atoms with Crippen molar-refractivity contribution in [2.24, 2.45) is 0 Å². The Bertz CT molecular complexity index is 587. The zero-order valence-corrected chi connectivity index (χ0v) is 13.5. The van der Waals surface area contributed by atoms with E-state index in [2.05, 4.69) is 9.62 Å². The number of likely N-dealkylation sites (tertiary alicyclic amines) is 1. The fraction of sp³-hybridized carbons (Fsp3) is 0.600. The van der Waals surface area contributed by atoms with Crippen molar-refractivity contribution in [2.45, 2.75) is 43.7 Å². The van der Waals surface area contributed by atoms with Gasteiger partial charge in [0, 0.05) is 12.6 Å². The van der Waals surface area contributed by atoms with Gasteiger partial charge in [-0.1, -0.05) is 19.1 Å². The number of sulfonamides is 1. The Morgan fingerprint density at radius 1 is 1.43 bits per heavy atom. The summed E-state index contributed by atoms with van der Waals surface area (Å²) in [6, 6.07) is 5.38. The average Bonchev–Trinajstić information content (AvgIpc) is 2.90. The highest BCUT2D eigenvalue weighted by Gasteiger charge is 2.24. The quantitative estimate of drug-likeness (QED) is 0.826. The van der Waals surface area contributed by atoms with Gasteiger partial charge in [0.15, 0.2) is 0 Å². The van der Waals surface area contributed by atoms with E-state index in [0.717, 1.165) is 24.9 Å². The van der Waals surface area contributed by atoms with Crippen LogP contribution >= 0.6 is 0 Å². The molecule has 1 aliphatic heterocycles. The monoisotopic (exact) mass is 312 g/mol. The lowest BCUT2D eigenvalue weighted by molar-refractivity contribution is 0.281. The van der Waals surface area contributed by atoms with E-state index in [4.69, 9.17) is 0 Å². The molecule has 21 heavy (non-hydrogen) atoms. The van der Waals surface area contributed by atoms with E-state index in [0.29, 0.717) is 18.5 Å². The van der Waals surface area contributed by atoms with Gasteiger partial charge in [0.1, 0.15) is 0 Å². The van der Waals surface area contributed by atoms with Crippen LogP contribution in [0.15, 0.2) is 23.1 Å². The Hall–Kier alpha value is -0.950. The Labute approximate surface area is 127 Å². The van der Waals surface area contributed by atoms with E-state index >= 15 is 0 Å². The molecule has 5 nitrogen and oxygen atoms in total. The summed E-state index contributed by atoms with van der Waals surface area (Å²) < 4.78 is 27.8. The van der Waals surface area contributed by atoms with Gasteiger partial charge in [0.25, 0.3) is 0 Å². The van der Waals surface area contributed by atoms with Crippen LogP contribution in [0.5, 0.6) is 0 Å². The minimum absolute atomic E-state index is 0.155. The second-order valence-corrected chi connectivity index (χ2v) is 7.32. The lowest BCUT2D eigenvalue weighted by Crippen LogP contribution is -2.38. The minimum Gasteiger partial charge on any atom is -0.392 e. The molecule has 0 spiro atoms. The van der Waals surface area contributed by atoms with Gasteiger partial charge in [-0.2, -0.15) is 0 Å². The second kappa shape index (κ2) is 6.87. The van der Waals surface area contributed by atoms with Gasteiger partial charge >= 0.3 is 0 Å². The van der Waals surface area contributed by atoms with Gasteiger partial charge in [0.05, 0.1) is 11.5 Å². The SMILES string of the molecule is CCc1ccc(CO)cc1S(=O)(=O)NCC1CCCN1C. The molecule has 0 aromatic heterocycles. The number of aliphatic hydroxyl groups is 1. The van der Waals surface area contributed by atoms with Gasteiger partial charge in [0.2, 0.25) is 10.0 Å². The molecule has 1 unspecified atom stereocenters. The van der Waals surface area contributed by atoms with Crippen LogP contribution in [0, 0.1) is 0 Å². The topological polar surface area (TPSA) is 69.6 Å². The van der Waals surface area contributed by atoms with Crippen molar-refractivity contribution in [2.75, 3.05) is 20.1 Å². The normalized spacial score (nSPS) is 20.0. The first-order chi connectivity index (χ1) is 9.97. The van der Waals surface area contributed by atoms with Crippen molar-refractivity contribution in [3.05, 3.63) is 29.3 Å². The molecule has 1 atom stereocenters. The van der Waals surface area contributed by atoms with Crippen molar-refractivity contribution in [1.29, 1.82) is 0 Å². The van der Waals surface area contributed by atoms with E-state index in [9.17, 15) is 13.5 Å². The molecule has 2 rings (SSSR count). The summed E-state index contributed by atoms with van der Waals surface area (Å²) in [7, 11) is -1.51. The van der Waals surface area contributed by atoms with Crippen molar-refractivity contribution >= 4 is 10.0 Å². The number of nitrogens with zero attached hydrogens (tertiary/aromatic N) is 1. The van der Waals surface area contributed by atoms with Crippen LogP contribution in [0.2, 0.25) is 0 Å². The predicted molar refractivity (Wildman–Crippen MR) is 82.6 cm³/mol. The van der Waals surface area contributed by atoms with Crippen LogP contribution in [-0.2, 0) is 23.1 Å².